The molecule has 1 fully saturated rings. The first-order valence-corrected chi connectivity index (χ1v) is 7.61. The summed E-state index contributed by atoms with van der Waals surface area (Å²) in [6.45, 7) is 5.61. The van der Waals surface area contributed by atoms with E-state index >= 15 is 0 Å². The van der Waals surface area contributed by atoms with E-state index in [2.05, 4.69) is 18.9 Å². The number of unbranched alkanes of at least 4 members (excludes halogenated alkanes) is 2. The Bertz CT molecular complexity index is 183. The van der Waals surface area contributed by atoms with Crippen LogP contribution in [0.15, 0.2) is 0 Å². The molecule has 1 saturated carbocycles. The summed E-state index contributed by atoms with van der Waals surface area (Å²) < 4.78 is 0. The SMILES string of the molecule is CCCCCN(C)CC1(CN)CCCCCC1. The maximum Gasteiger partial charge on any atom is 0.00470 e. The van der Waals surface area contributed by atoms with Crippen LogP contribution < -0.4 is 5.73 Å². The fraction of sp³-hybridized carbons (Fsp3) is 1.00. The van der Waals surface area contributed by atoms with E-state index in [0.29, 0.717) is 5.41 Å². The van der Waals surface area contributed by atoms with Gasteiger partial charge in [-0.2, -0.15) is 0 Å². The van der Waals surface area contributed by atoms with Crippen LogP contribution in [0, 0.1) is 5.41 Å². The summed E-state index contributed by atoms with van der Waals surface area (Å²) in [4.78, 5) is 2.52. The van der Waals surface area contributed by atoms with E-state index in [-0.39, 0.29) is 0 Å². The predicted octanol–water partition coefficient (Wildman–Crippen LogP) is 3.41. The highest BCUT2D eigenvalue weighted by molar-refractivity contribution is 4.85. The third-order valence-corrected chi connectivity index (χ3v) is 4.35. The number of hydrogen-bond acceptors (Lipinski definition) is 2. The number of hydrogen-bond donors (Lipinski definition) is 1. The zero-order valence-corrected chi connectivity index (χ0v) is 12.0. The van der Waals surface area contributed by atoms with Crippen LogP contribution in [0.25, 0.3) is 0 Å². The van der Waals surface area contributed by atoms with Crippen LogP contribution in [0.5, 0.6) is 0 Å². The van der Waals surface area contributed by atoms with Crippen molar-refractivity contribution in [2.45, 2.75) is 64.7 Å². The van der Waals surface area contributed by atoms with Crippen LogP contribution >= 0.6 is 0 Å². The summed E-state index contributed by atoms with van der Waals surface area (Å²) in [5, 5.41) is 0. The van der Waals surface area contributed by atoms with Gasteiger partial charge in [0.15, 0.2) is 0 Å². The number of rotatable bonds is 7. The molecule has 0 aromatic carbocycles. The quantitative estimate of drug-likeness (QED) is 0.546. The van der Waals surface area contributed by atoms with Gasteiger partial charge in [-0.3, -0.25) is 0 Å². The molecule has 0 radical (unpaired) electrons. The van der Waals surface area contributed by atoms with Crippen LogP contribution in [0.3, 0.4) is 0 Å². The van der Waals surface area contributed by atoms with Crippen LogP contribution in [-0.2, 0) is 0 Å². The van der Waals surface area contributed by atoms with E-state index in [1.54, 1.807) is 0 Å². The molecule has 0 saturated heterocycles. The van der Waals surface area contributed by atoms with Crippen LogP contribution in [0.1, 0.15) is 64.7 Å². The van der Waals surface area contributed by atoms with Crippen LogP contribution in [0.4, 0.5) is 0 Å². The number of nitrogens with two attached hydrogens (primary N) is 1. The summed E-state index contributed by atoms with van der Waals surface area (Å²) in [6.07, 6.45) is 12.3. The molecule has 0 aromatic rings. The highest BCUT2D eigenvalue weighted by Crippen LogP contribution is 2.34. The summed E-state index contributed by atoms with van der Waals surface area (Å²) in [7, 11) is 2.28. The van der Waals surface area contributed by atoms with Gasteiger partial charge in [-0.15, -0.1) is 0 Å². The van der Waals surface area contributed by atoms with Gasteiger partial charge in [-0.1, -0.05) is 45.4 Å². The lowest BCUT2D eigenvalue weighted by Crippen LogP contribution is -2.41. The Balaban J connectivity index is 2.37. The molecule has 1 aliphatic carbocycles. The molecule has 0 aliphatic heterocycles. The van der Waals surface area contributed by atoms with Gasteiger partial charge in [0.2, 0.25) is 0 Å². The Kier molecular flexibility index (Phi) is 7.14. The van der Waals surface area contributed by atoms with Gasteiger partial charge in [0, 0.05) is 6.54 Å². The lowest BCUT2D eigenvalue weighted by Gasteiger charge is -2.35. The molecule has 102 valence electrons. The van der Waals surface area contributed by atoms with Crippen molar-refractivity contribution in [2.75, 3.05) is 26.7 Å². The Morgan fingerprint density at radius 1 is 1.06 bits per heavy atom. The fourth-order valence-electron chi connectivity index (χ4n) is 3.19. The Hall–Kier alpha value is -0.0800. The molecule has 2 N–H and O–H groups in total. The molecule has 2 nitrogen and oxygen atoms in total. The fourth-order valence-corrected chi connectivity index (χ4v) is 3.19. The maximum atomic E-state index is 6.08. The molecule has 0 atom stereocenters. The Labute approximate surface area is 108 Å². The Morgan fingerprint density at radius 2 is 1.71 bits per heavy atom. The second-order valence-corrected chi connectivity index (χ2v) is 6.06. The monoisotopic (exact) mass is 240 g/mol. The minimum absolute atomic E-state index is 0.428. The predicted molar refractivity (Wildman–Crippen MR) is 76.2 cm³/mol. The standard InChI is InChI=1S/C15H32N2/c1-3-4-9-12-17(2)14-15(13-16)10-7-5-6-8-11-15/h3-14,16H2,1-2H3. The summed E-state index contributed by atoms with van der Waals surface area (Å²) in [5.74, 6) is 0. The molecule has 0 amide bonds. The van der Waals surface area contributed by atoms with E-state index in [0.717, 1.165) is 6.54 Å². The van der Waals surface area contributed by atoms with E-state index in [9.17, 15) is 0 Å². The average Bonchev–Trinajstić information content (AvgIpc) is 2.56. The van der Waals surface area contributed by atoms with Gasteiger partial charge in [0.1, 0.15) is 0 Å². The van der Waals surface area contributed by atoms with Gasteiger partial charge >= 0.3 is 0 Å². The maximum absolute atomic E-state index is 6.08. The topological polar surface area (TPSA) is 29.3 Å². The molecule has 0 heterocycles. The van der Waals surface area contributed by atoms with Gasteiger partial charge in [0.25, 0.3) is 0 Å². The minimum atomic E-state index is 0.428. The lowest BCUT2D eigenvalue weighted by atomic mass is 9.80. The van der Waals surface area contributed by atoms with E-state index in [4.69, 9.17) is 5.73 Å². The second-order valence-electron chi connectivity index (χ2n) is 6.06. The van der Waals surface area contributed by atoms with Crippen LogP contribution in [-0.4, -0.2) is 31.6 Å². The molecular weight excluding hydrogens is 208 g/mol. The first-order valence-electron chi connectivity index (χ1n) is 7.61. The summed E-state index contributed by atoms with van der Waals surface area (Å²) >= 11 is 0. The van der Waals surface area contributed by atoms with Gasteiger partial charge in [-0.25, -0.2) is 0 Å². The summed E-state index contributed by atoms with van der Waals surface area (Å²) in [6, 6.07) is 0. The van der Waals surface area contributed by atoms with Crippen molar-refractivity contribution in [2.24, 2.45) is 11.1 Å². The van der Waals surface area contributed by atoms with Crippen molar-refractivity contribution >= 4 is 0 Å². The van der Waals surface area contributed by atoms with Crippen molar-refractivity contribution in [3.05, 3.63) is 0 Å². The Morgan fingerprint density at radius 3 is 2.24 bits per heavy atom. The normalized spacial score (nSPS) is 20.5. The van der Waals surface area contributed by atoms with Crippen molar-refractivity contribution in [3.63, 3.8) is 0 Å². The molecule has 1 aliphatic rings. The smallest absolute Gasteiger partial charge is 0.00470 e. The average molecular weight is 240 g/mol. The third-order valence-electron chi connectivity index (χ3n) is 4.35. The lowest BCUT2D eigenvalue weighted by molar-refractivity contribution is 0.156. The first kappa shape index (κ1) is 15.0. The molecule has 0 unspecified atom stereocenters. The summed E-state index contributed by atoms with van der Waals surface area (Å²) in [5.41, 5.74) is 6.51. The second kappa shape index (κ2) is 8.10. The van der Waals surface area contributed by atoms with E-state index < -0.39 is 0 Å². The molecule has 0 aromatic heterocycles. The largest absolute Gasteiger partial charge is 0.330 e. The van der Waals surface area contributed by atoms with Gasteiger partial charge < -0.3 is 10.6 Å². The zero-order chi connectivity index (χ0) is 12.6. The van der Waals surface area contributed by atoms with Gasteiger partial charge in [-0.05, 0) is 44.8 Å². The molecule has 1 rings (SSSR count). The van der Waals surface area contributed by atoms with Crippen molar-refractivity contribution in [3.8, 4) is 0 Å². The zero-order valence-electron chi connectivity index (χ0n) is 12.0. The van der Waals surface area contributed by atoms with Crippen molar-refractivity contribution in [1.82, 2.24) is 4.90 Å². The first-order chi connectivity index (χ1) is 8.22. The van der Waals surface area contributed by atoms with Gasteiger partial charge in [0.05, 0.1) is 0 Å². The van der Waals surface area contributed by atoms with Crippen molar-refractivity contribution in [1.29, 1.82) is 0 Å². The van der Waals surface area contributed by atoms with E-state index in [1.165, 1.54) is 70.9 Å². The highest BCUT2D eigenvalue weighted by atomic mass is 15.1. The molecule has 2 heteroatoms. The molecular formula is C15H32N2. The molecule has 17 heavy (non-hydrogen) atoms. The molecule has 0 spiro atoms. The van der Waals surface area contributed by atoms with E-state index in [1.807, 2.05) is 0 Å². The number of nitrogens with zero attached hydrogens (tertiary/aromatic N) is 1. The highest BCUT2D eigenvalue weighted by Gasteiger charge is 2.30. The van der Waals surface area contributed by atoms with Crippen molar-refractivity contribution < 1.29 is 0 Å². The third kappa shape index (κ3) is 5.39. The minimum Gasteiger partial charge on any atom is -0.330 e. The van der Waals surface area contributed by atoms with Crippen LogP contribution in [0.2, 0.25) is 0 Å². The molecule has 0 bridgehead atoms.